The fraction of sp³-hybridized carbons (Fsp3) is 0.571. The van der Waals surface area contributed by atoms with Gasteiger partial charge in [0.15, 0.2) is 0 Å². The van der Waals surface area contributed by atoms with E-state index in [1.807, 2.05) is 12.1 Å². The van der Waals surface area contributed by atoms with Gasteiger partial charge in [-0.05, 0) is 51.0 Å². The lowest BCUT2D eigenvalue weighted by molar-refractivity contribution is 0.0900. The average Bonchev–Trinajstić information content (AvgIpc) is 2.41. The summed E-state index contributed by atoms with van der Waals surface area (Å²) in [5, 5.41) is 5.16. The molecule has 4 nitrogen and oxygen atoms in total. The molecular formula is C14H25N3O. The van der Waals surface area contributed by atoms with Gasteiger partial charge in [-0.3, -0.25) is 0 Å². The van der Waals surface area contributed by atoms with Crippen molar-refractivity contribution in [2.75, 3.05) is 10.4 Å². The van der Waals surface area contributed by atoms with E-state index in [0.717, 1.165) is 24.2 Å². The summed E-state index contributed by atoms with van der Waals surface area (Å²) in [6.07, 6.45) is 2.08. The molecule has 0 amide bonds. The van der Waals surface area contributed by atoms with Crippen LogP contribution < -0.4 is 16.3 Å². The summed E-state index contributed by atoms with van der Waals surface area (Å²) in [5.74, 6) is 5.33. The first-order chi connectivity index (χ1) is 8.62. The Morgan fingerprint density at radius 1 is 1.17 bits per heavy atom. The number of anilines is 2. The number of hydrogen-bond acceptors (Lipinski definition) is 4. The SMILES string of the molecule is CCC(C)Nc1ccc(N(ON)C(C)CC)cc1. The highest BCUT2D eigenvalue weighted by Gasteiger charge is 2.13. The van der Waals surface area contributed by atoms with Gasteiger partial charge < -0.3 is 5.32 Å². The van der Waals surface area contributed by atoms with E-state index in [-0.39, 0.29) is 6.04 Å². The van der Waals surface area contributed by atoms with Crippen LogP contribution in [0.1, 0.15) is 40.5 Å². The largest absolute Gasteiger partial charge is 0.383 e. The van der Waals surface area contributed by atoms with E-state index in [0.29, 0.717) is 6.04 Å². The summed E-state index contributed by atoms with van der Waals surface area (Å²) in [7, 11) is 0. The second kappa shape index (κ2) is 7.24. The van der Waals surface area contributed by atoms with E-state index in [1.54, 1.807) is 5.06 Å². The maximum Gasteiger partial charge on any atom is 0.0660 e. The normalized spacial score (nSPS) is 14.1. The van der Waals surface area contributed by atoms with E-state index < -0.39 is 0 Å². The third kappa shape index (κ3) is 3.89. The van der Waals surface area contributed by atoms with E-state index in [9.17, 15) is 0 Å². The highest BCUT2D eigenvalue weighted by Crippen LogP contribution is 2.21. The van der Waals surface area contributed by atoms with Gasteiger partial charge in [0.25, 0.3) is 0 Å². The summed E-state index contributed by atoms with van der Waals surface area (Å²) in [6.45, 7) is 8.52. The Balaban J connectivity index is 2.74. The Morgan fingerprint density at radius 3 is 2.22 bits per heavy atom. The predicted molar refractivity (Wildman–Crippen MR) is 77.3 cm³/mol. The van der Waals surface area contributed by atoms with Gasteiger partial charge in [0, 0.05) is 11.7 Å². The molecule has 0 aliphatic carbocycles. The minimum atomic E-state index is 0.253. The molecular weight excluding hydrogens is 226 g/mol. The molecule has 1 aromatic rings. The standard InChI is InChI=1S/C14H25N3O/c1-5-11(3)16-13-7-9-14(10-8-13)17(18-15)12(4)6-2/h7-12,16H,5-6,15H2,1-4H3. The van der Waals surface area contributed by atoms with E-state index >= 15 is 0 Å². The number of nitrogens with zero attached hydrogens (tertiary/aromatic N) is 1. The molecule has 0 heterocycles. The molecule has 0 fully saturated rings. The Kier molecular flexibility index (Phi) is 5.95. The molecule has 1 rings (SSSR count). The second-order valence-electron chi connectivity index (χ2n) is 4.69. The van der Waals surface area contributed by atoms with Crippen molar-refractivity contribution < 1.29 is 4.94 Å². The highest BCUT2D eigenvalue weighted by atomic mass is 16.8. The fourth-order valence-electron chi connectivity index (χ4n) is 1.68. The van der Waals surface area contributed by atoms with Gasteiger partial charge in [-0.15, -0.1) is 0 Å². The fourth-order valence-corrected chi connectivity index (χ4v) is 1.68. The molecule has 0 aliphatic heterocycles. The van der Waals surface area contributed by atoms with Crippen molar-refractivity contribution in [3.63, 3.8) is 0 Å². The molecule has 0 bridgehead atoms. The van der Waals surface area contributed by atoms with Crippen LogP contribution in [0.3, 0.4) is 0 Å². The molecule has 18 heavy (non-hydrogen) atoms. The molecule has 1 aromatic carbocycles. The minimum Gasteiger partial charge on any atom is -0.383 e. The van der Waals surface area contributed by atoms with Crippen molar-refractivity contribution in [3.8, 4) is 0 Å². The summed E-state index contributed by atoms with van der Waals surface area (Å²) < 4.78 is 0. The zero-order valence-corrected chi connectivity index (χ0v) is 11.8. The van der Waals surface area contributed by atoms with E-state index in [4.69, 9.17) is 10.8 Å². The lowest BCUT2D eigenvalue weighted by atomic mass is 10.2. The average molecular weight is 251 g/mol. The molecule has 2 unspecified atom stereocenters. The monoisotopic (exact) mass is 251 g/mol. The molecule has 102 valence electrons. The lowest BCUT2D eigenvalue weighted by Gasteiger charge is -2.26. The van der Waals surface area contributed by atoms with Crippen LogP contribution in [0, 0.1) is 0 Å². The maximum absolute atomic E-state index is 5.33. The molecule has 0 saturated heterocycles. The maximum atomic E-state index is 5.33. The third-order valence-electron chi connectivity index (χ3n) is 3.25. The molecule has 0 saturated carbocycles. The van der Waals surface area contributed by atoms with E-state index in [2.05, 4.69) is 45.1 Å². The Bertz CT molecular complexity index is 339. The summed E-state index contributed by atoms with van der Waals surface area (Å²) in [4.78, 5) is 4.94. The van der Waals surface area contributed by atoms with Crippen molar-refractivity contribution in [1.82, 2.24) is 0 Å². The van der Waals surface area contributed by atoms with Crippen molar-refractivity contribution in [1.29, 1.82) is 0 Å². The van der Waals surface area contributed by atoms with Gasteiger partial charge in [-0.1, -0.05) is 13.8 Å². The molecule has 0 aromatic heterocycles. The van der Waals surface area contributed by atoms with Gasteiger partial charge in [0.2, 0.25) is 0 Å². The summed E-state index contributed by atoms with van der Waals surface area (Å²) >= 11 is 0. The van der Waals surface area contributed by atoms with Crippen molar-refractivity contribution >= 4 is 11.4 Å². The second-order valence-corrected chi connectivity index (χ2v) is 4.69. The molecule has 0 radical (unpaired) electrons. The number of benzene rings is 1. The zero-order chi connectivity index (χ0) is 13.5. The first-order valence-corrected chi connectivity index (χ1v) is 6.65. The molecule has 3 N–H and O–H groups in total. The smallest absolute Gasteiger partial charge is 0.0660 e. The van der Waals surface area contributed by atoms with E-state index in [1.165, 1.54) is 0 Å². The lowest BCUT2D eigenvalue weighted by Crippen LogP contribution is -2.35. The minimum absolute atomic E-state index is 0.253. The molecule has 2 atom stereocenters. The number of rotatable bonds is 7. The van der Waals surface area contributed by atoms with Crippen LogP contribution >= 0.6 is 0 Å². The van der Waals surface area contributed by atoms with Gasteiger partial charge in [0.1, 0.15) is 0 Å². The van der Waals surface area contributed by atoms with Crippen LogP contribution in [0.15, 0.2) is 24.3 Å². The first-order valence-electron chi connectivity index (χ1n) is 6.65. The summed E-state index contributed by atoms with van der Waals surface area (Å²) in [6, 6.07) is 8.87. The molecule has 0 spiro atoms. The van der Waals surface area contributed by atoms with Gasteiger partial charge in [0.05, 0.1) is 11.7 Å². The van der Waals surface area contributed by atoms with Crippen LogP contribution in [0.4, 0.5) is 11.4 Å². The number of nitrogens with two attached hydrogens (primary N) is 1. The highest BCUT2D eigenvalue weighted by molar-refractivity contribution is 5.54. The Hall–Kier alpha value is -1.26. The van der Waals surface area contributed by atoms with Crippen molar-refractivity contribution in [2.45, 2.75) is 52.6 Å². The van der Waals surface area contributed by atoms with Crippen molar-refractivity contribution in [3.05, 3.63) is 24.3 Å². The van der Waals surface area contributed by atoms with Crippen LogP contribution in [-0.2, 0) is 4.94 Å². The van der Waals surface area contributed by atoms with Crippen LogP contribution in [0.2, 0.25) is 0 Å². The number of nitrogens with one attached hydrogen (secondary N) is 1. The quantitative estimate of drug-likeness (QED) is 0.730. The molecule has 4 heteroatoms. The summed E-state index contributed by atoms with van der Waals surface area (Å²) in [5.41, 5.74) is 2.09. The van der Waals surface area contributed by atoms with Crippen LogP contribution in [0.5, 0.6) is 0 Å². The zero-order valence-electron chi connectivity index (χ0n) is 11.8. The van der Waals surface area contributed by atoms with Crippen LogP contribution in [-0.4, -0.2) is 12.1 Å². The Morgan fingerprint density at radius 2 is 1.78 bits per heavy atom. The number of hydroxylamine groups is 1. The first kappa shape index (κ1) is 14.8. The van der Waals surface area contributed by atoms with Gasteiger partial charge in [-0.25, -0.2) is 5.06 Å². The van der Waals surface area contributed by atoms with Gasteiger partial charge in [-0.2, -0.15) is 10.8 Å². The Labute approximate surface area is 110 Å². The number of hydrogen-bond donors (Lipinski definition) is 2. The van der Waals surface area contributed by atoms with Crippen LogP contribution in [0.25, 0.3) is 0 Å². The third-order valence-corrected chi connectivity index (χ3v) is 3.25. The molecule has 0 aliphatic rings. The van der Waals surface area contributed by atoms with Crippen molar-refractivity contribution in [2.24, 2.45) is 5.90 Å². The predicted octanol–water partition coefficient (Wildman–Crippen LogP) is 3.31. The topological polar surface area (TPSA) is 50.5 Å². The van der Waals surface area contributed by atoms with Gasteiger partial charge >= 0.3 is 0 Å².